The molecule has 0 spiro atoms. The number of aldehydes is 1. The average molecular weight is 362 g/mol. The molecule has 22 heavy (non-hydrogen) atoms. The van der Waals surface area contributed by atoms with Crippen LogP contribution in [0.4, 0.5) is 11.9 Å². The van der Waals surface area contributed by atoms with Crippen molar-refractivity contribution >= 4 is 64.0 Å². The highest BCUT2D eigenvalue weighted by Gasteiger charge is 2.08. The first-order chi connectivity index (χ1) is 10.4. The predicted octanol–water partition coefficient (Wildman–Crippen LogP) is 1.77. The van der Waals surface area contributed by atoms with Crippen LogP contribution in [-0.4, -0.2) is 36.4 Å². The van der Waals surface area contributed by atoms with Crippen LogP contribution in [-0.2, 0) is 0 Å². The molecule has 5 N–H and O–H groups in total. The molecule has 0 fully saturated rings. The summed E-state index contributed by atoms with van der Waals surface area (Å²) in [6, 6.07) is 0. The zero-order chi connectivity index (χ0) is 16.3. The summed E-state index contributed by atoms with van der Waals surface area (Å²) in [5, 5.41) is 7.31. The van der Waals surface area contributed by atoms with E-state index in [-0.39, 0.29) is 27.8 Å². The summed E-state index contributed by atoms with van der Waals surface area (Å²) in [6.07, 6.45) is 2.03. The zero-order valence-corrected chi connectivity index (χ0v) is 12.9. The van der Waals surface area contributed by atoms with E-state index >= 15 is 0 Å². The lowest BCUT2D eigenvalue weighted by Crippen LogP contribution is -1.99. The largest absolute Gasteiger partial charge is 0.368 e. The van der Waals surface area contributed by atoms with Crippen molar-refractivity contribution in [2.75, 3.05) is 11.5 Å². The van der Waals surface area contributed by atoms with Crippen LogP contribution in [0.15, 0.2) is 6.20 Å². The second-order valence-corrected chi connectivity index (χ2v) is 4.77. The van der Waals surface area contributed by atoms with Crippen molar-refractivity contribution in [2.24, 2.45) is 0 Å². The van der Waals surface area contributed by atoms with Crippen molar-refractivity contribution in [3.8, 4) is 0 Å². The Morgan fingerprint density at radius 1 is 0.955 bits per heavy atom. The summed E-state index contributed by atoms with van der Waals surface area (Å²) in [5.41, 5.74) is 11.1. The topological polar surface area (TPSA) is 149 Å². The maximum Gasteiger partial charge on any atom is 0.223 e. The Hall–Kier alpha value is -2.23. The highest BCUT2D eigenvalue weighted by molar-refractivity contribution is 6.37. The summed E-state index contributed by atoms with van der Waals surface area (Å²) in [6.45, 7) is 0. The molecule has 3 rings (SSSR count). The minimum absolute atomic E-state index is 0.0301. The minimum Gasteiger partial charge on any atom is -0.368 e. The van der Waals surface area contributed by atoms with Gasteiger partial charge in [0.2, 0.25) is 11.9 Å². The standard InChI is InChI=1S/C5H3Cl2N3O.C5H4ClN5/c6-3-2(1-11)4(7)10-5(8)9-3;6-3-2-1-8-11-4(2)10-5(7)9-3/h1H,(H2,8,9,10);1H,(H3,7,8,9,10,11). The van der Waals surface area contributed by atoms with Gasteiger partial charge < -0.3 is 11.5 Å². The molecule has 12 heteroatoms. The number of anilines is 2. The van der Waals surface area contributed by atoms with E-state index in [9.17, 15) is 4.79 Å². The number of carbonyl (C=O) groups is 1. The van der Waals surface area contributed by atoms with Gasteiger partial charge >= 0.3 is 0 Å². The molecule has 9 nitrogen and oxygen atoms in total. The second-order valence-electron chi connectivity index (χ2n) is 3.70. The third kappa shape index (κ3) is 3.50. The number of rotatable bonds is 1. The predicted molar refractivity (Wildman–Crippen MR) is 83.0 cm³/mol. The van der Waals surface area contributed by atoms with E-state index in [0.717, 1.165) is 0 Å². The van der Waals surface area contributed by atoms with E-state index in [1.54, 1.807) is 6.20 Å². The first-order valence-electron chi connectivity index (χ1n) is 5.48. The molecule has 3 aromatic rings. The monoisotopic (exact) mass is 360 g/mol. The number of nitrogen functional groups attached to an aromatic ring is 2. The van der Waals surface area contributed by atoms with Gasteiger partial charge in [-0.3, -0.25) is 9.89 Å². The summed E-state index contributed by atoms with van der Waals surface area (Å²) in [5.74, 6) is 0.0948. The molecule has 0 amide bonds. The summed E-state index contributed by atoms with van der Waals surface area (Å²) in [7, 11) is 0. The molecule has 0 saturated carbocycles. The minimum atomic E-state index is -0.0504. The molecule has 0 saturated heterocycles. The SMILES string of the molecule is Nc1nc(Cl)c(C=O)c(Cl)n1.Nc1nc(Cl)c2cn[nH]c2n1. The lowest BCUT2D eigenvalue weighted by molar-refractivity contribution is 0.112. The number of carbonyl (C=O) groups excluding carboxylic acids is 1. The Labute approximate surface area is 138 Å². The van der Waals surface area contributed by atoms with Crippen molar-refractivity contribution in [3.05, 3.63) is 27.2 Å². The first-order valence-corrected chi connectivity index (χ1v) is 6.61. The van der Waals surface area contributed by atoms with Gasteiger partial charge in [-0.1, -0.05) is 34.8 Å². The van der Waals surface area contributed by atoms with Crippen molar-refractivity contribution < 1.29 is 4.79 Å². The number of aromatic amines is 1. The van der Waals surface area contributed by atoms with E-state index in [0.29, 0.717) is 22.5 Å². The van der Waals surface area contributed by atoms with Crippen LogP contribution in [0.3, 0.4) is 0 Å². The third-order valence-corrected chi connectivity index (χ3v) is 3.13. The fourth-order valence-corrected chi connectivity index (χ4v) is 2.06. The van der Waals surface area contributed by atoms with Crippen LogP contribution in [0.5, 0.6) is 0 Å². The second kappa shape index (κ2) is 6.69. The molecule has 0 aliphatic rings. The molecule has 114 valence electrons. The Kier molecular flexibility index (Phi) is 4.91. The van der Waals surface area contributed by atoms with E-state index in [2.05, 4.69) is 30.1 Å². The summed E-state index contributed by atoms with van der Waals surface area (Å²) >= 11 is 16.7. The number of nitrogens with zero attached hydrogens (tertiary/aromatic N) is 5. The number of nitrogens with one attached hydrogen (secondary N) is 1. The molecule has 3 heterocycles. The van der Waals surface area contributed by atoms with Crippen molar-refractivity contribution in [1.29, 1.82) is 0 Å². The van der Waals surface area contributed by atoms with Gasteiger partial charge in [-0.2, -0.15) is 10.1 Å². The first kappa shape index (κ1) is 16.1. The zero-order valence-electron chi connectivity index (χ0n) is 10.6. The Morgan fingerprint density at radius 2 is 1.50 bits per heavy atom. The van der Waals surface area contributed by atoms with Gasteiger partial charge in [0, 0.05) is 0 Å². The number of nitrogens with two attached hydrogens (primary N) is 2. The fraction of sp³-hybridized carbons (Fsp3) is 0. The highest BCUT2D eigenvalue weighted by Crippen LogP contribution is 2.19. The van der Waals surface area contributed by atoms with E-state index in [4.69, 9.17) is 46.3 Å². The molecular weight excluding hydrogens is 355 g/mol. The number of halogens is 3. The lowest BCUT2D eigenvalue weighted by atomic mass is 10.4. The Bertz CT molecular complexity index is 813. The molecule has 0 atom stereocenters. The molecule has 0 aromatic carbocycles. The van der Waals surface area contributed by atoms with Crippen molar-refractivity contribution in [2.45, 2.75) is 0 Å². The molecule has 0 radical (unpaired) electrons. The number of hydrogen-bond acceptors (Lipinski definition) is 8. The molecule has 0 aliphatic heterocycles. The van der Waals surface area contributed by atoms with Gasteiger partial charge in [0.1, 0.15) is 15.5 Å². The normalized spacial score (nSPS) is 10.1. The Balaban J connectivity index is 0.000000160. The summed E-state index contributed by atoms with van der Waals surface area (Å²) < 4.78 is 0. The average Bonchev–Trinajstić information content (AvgIpc) is 2.87. The van der Waals surface area contributed by atoms with Gasteiger partial charge in [-0.05, 0) is 0 Å². The van der Waals surface area contributed by atoms with Crippen molar-refractivity contribution in [3.63, 3.8) is 0 Å². The molecular formula is C10H7Cl3N8O. The smallest absolute Gasteiger partial charge is 0.223 e. The van der Waals surface area contributed by atoms with Gasteiger partial charge in [-0.15, -0.1) is 0 Å². The van der Waals surface area contributed by atoms with Crippen LogP contribution in [0.1, 0.15) is 10.4 Å². The van der Waals surface area contributed by atoms with Crippen LogP contribution >= 0.6 is 34.8 Å². The number of H-pyrrole nitrogens is 1. The van der Waals surface area contributed by atoms with Crippen LogP contribution in [0.25, 0.3) is 11.0 Å². The maximum absolute atomic E-state index is 10.3. The van der Waals surface area contributed by atoms with Gasteiger partial charge in [-0.25, -0.2) is 15.0 Å². The van der Waals surface area contributed by atoms with E-state index in [1.807, 2.05) is 0 Å². The maximum atomic E-state index is 10.3. The quantitative estimate of drug-likeness (QED) is 0.438. The van der Waals surface area contributed by atoms with Crippen LogP contribution in [0, 0.1) is 0 Å². The van der Waals surface area contributed by atoms with Crippen LogP contribution < -0.4 is 11.5 Å². The van der Waals surface area contributed by atoms with Gasteiger partial charge in [0.25, 0.3) is 0 Å². The van der Waals surface area contributed by atoms with Crippen LogP contribution in [0.2, 0.25) is 15.5 Å². The molecule has 3 aromatic heterocycles. The Morgan fingerprint density at radius 3 is 2.09 bits per heavy atom. The van der Waals surface area contributed by atoms with Gasteiger partial charge in [0.15, 0.2) is 11.9 Å². The molecule has 0 bridgehead atoms. The molecule has 0 unspecified atom stereocenters. The summed E-state index contributed by atoms with van der Waals surface area (Å²) in [4.78, 5) is 24.9. The van der Waals surface area contributed by atoms with E-state index < -0.39 is 0 Å². The van der Waals surface area contributed by atoms with E-state index in [1.165, 1.54) is 0 Å². The van der Waals surface area contributed by atoms with Crippen molar-refractivity contribution in [1.82, 2.24) is 30.1 Å². The lowest BCUT2D eigenvalue weighted by Gasteiger charge is -1.97. The molecule has 0 aliphatic carbocycles. The number of fused-ring (bicyclic) bond motifs is 1. The third-order valence-electron chi connectivity index (χ3n) is 2.27. The van der Waals surface area contributed by atoms with Gasteiger partial charge in [0.05, 0.1) is 17.1 Å². The number of hydrogen-bond donors (Lipinski definition) is 3. The fourth-order valence-electron chi connectivity index (χ4n) is 1.34. The highest BCUT2D eigenvalue weighted by atomic mass is 35.5. The number of aromatic nitrogens is 6.